The zero-order chi connectivity index (χ0) is 9.14. The summed E-state index contributed by atoms with van der Waals surface area (Å²) in [4.78, 5) is 0. The van der Waals surface area contributed by atoms with Gasteiger partial charge in [-0.3, -0.25) is 0 Å². The lowest BCUT2D eigenvalue weighted by atomic mass is 10.2. The van der Waals surface area contributed by atoms with E-state index in [2.05, 4.69) is 4.42 Å². The van der Waals surface area contributed by atoms with Gasteiger partial charge >= 0.3 is 0 Å². The number of alkyl halides is 2. The Hall–Kier alpha value is -1.34. The van der Waals surface area contributed by atoms with Crippen LogP contribution in [0.15, 0.2) is 16.7 Å². The van der Waals surface area contributed by atoms with Gasteiger partial charge in [0.2, 0.25) is 0 Å². The van der Waals surface area contributed by atoms with Gasteiger partial charge in [0.25, 0.3) is 6.43 Å². The fraction of sp³-hybridized carbons (Fsp3) is 0.250. The summed E-state index contributed by atoms with van der Waals surface area (Å²) < 4.78 is 28.3. The van der Waals surface area contributed by atoms with E-state index in [0.717, 1.165) is 12.3 Å². The molecule has 0 aliphatic rings. The monoisotopic (exact) mass is 172 g/mol. The van der Waals surface area contributed by atoms with E-state index in [9.17, 15) is 8.78 Å². The SMILES string of the molecule is C#CC(O)c1coc(C(F)F)c1. The number of halogens is 2. The molecule has 0 fully saturated rings. The van der Waals surface area contributed by atoms with E-state index in [-0.39, 0.29) is 5.56 Å². The van der Waals surface area contributed by atoms with Crippen LogP contribution in [0.4, 0.5) is 8.78 Å². The molecule has 1 heterocycles. The fourth-order valence-electron chi connectivity index (χ4n) is 0.722. The fourth-order valence-corrected chi connectivity index (χ4v) is 0.722. The van der Waals surface area contributed by atoms with Crippen molar-refractivity contribution >= 4 is 0 Å². The second-order valence-electron chi connectivity index (χ2n) is 2.15. The number of rotatable bonds is 2. The van der Waals surface area contributed by atoms with Crippen LogP contribution in [-0.4, -0.2) is 5.11 Å². The number of furan rings is 1. The van der Waals surface area contributed by atoms with Crippen molar-refractivity contribution in [1.29, 1.82) is 0 Å². The number of hydrogen-bond acceptors (Lipinski definition) is 2. The average molecular weight is 172 g/mol. The second-order valence-corrected chi connectivity index (χ2v) is 2.15. The standard InChI is InChI=1S/C8H6F2O2/c1-2-6(11)5-3-7(8(9)10)12-4-5/h1,3-4,6,8,11H. The molecular formula is C8H6F2O2. The molecule has 0 aliphatic heterocycles. The Labute approximate surface area is 67.8 Å². The molecule has 0 amide bonds. The summed E-state index contributed by atoms with van der Waals surface area (Å²) in [6.45, 7) is 0. The molecule has 1 aromatic heterocycles. The first kappa shape index (κ1) is 8.75. The molecule has 4 heteroatoms. The first-order chi connectivity index (χ1) is 5.65. The minimum absolute atomic E-state index is 0.174. The Morgan fingerprint density at radius 3 is 2.67 bits per heavy atom. The molecule has 0 radical (unpaired) electrons. The third kappa shape index (κ3) is 1.63. The number of aliphatic hydroxyl groups excluding tert-OH is 1. The van der Waals surface area contributed by atoms with Crippen molar-refractivity contribution in [2.24, 2.45) is 0 Å². The maximum Gasteiger partial charge on any atom is 0.295 e. The highest BCUT2D eigenvalue weighted by molar-refractivity contribution is 5.22. The van der Waals surface area contributed by atoms with E-state index in [1.807, 2.05) is 5.92 Å². The second kappa shape index (κ2) is 3.37. The van der Waals surface area contributed by atoms with Gasteiger partial charge in [0.15, 0.2) is 5.76 Å². The van der Waals surface area contributed by atoms with Gasteiger partial charge in [0.1, 0.15) is 6.10 Å². The molecule has 1 N–H and O–H groups in total. The summed E-state index contributed by atoms with van der Waals surface area (Å²) in [5.41, 5.74) is 0.174. The van der Waals surface area contributed by atoms with Crippen molar-refractivity contribution in [2.45, 2.75) is 12.5 Å². The van der Waals surface area contributed by atoms with Crippen LogP contribution < -0.4 is 0 Å². The van der Waals surface area contributed by atoms with Crippen LogP contribution in [0.25, 0.3) is 0 Å². The van der Waals surface area contributed by atoms with E-state index in [1.165, 1.54) is 0 Å². The largest absolute Gasteiger partial charge is 0.463 e. The number of aliphatic hydroxyl groups is 1. The third-order valence-electron chi connectivity index (χ3n) is 1.33. The topological polar surface area (TPSA) is 33.4 Å². The lowest BCUT2D eigenvalue weighted by Crippen LogP contribution is -1.89. The highest BCUT2D eigenvalue weighted by atomic mass is 19.3. The summed E-state index contributed by atoms with van der Waals surface area (Å²) in [6.07, 6.45) is 2.02. The quantitative estimate of drug-likeness (QED) is 0.691. The zero-order valence-corrected chi connectivity index (χ0v) is 6.00. The van der Waals surface area contributed by atoms with Crippen LogP contribution in [0, 0.1) is 12.3 Å². The third-order valence-corrected chi connectivity index (χ3v) is 1.33. The maximum atomic E-state index is 11.9. The highest BCUT2D eigenvalue weighted by Crippen LogP contribution is 2.23. The van der Waals surface area contributed by atoms with Crippen molar-refractivity contribution < 1.29 is 18.3 Å². The minimum Gasteiger partial charge on any atom is -0.463 e. The first-order valence-electron chi connectivity index (χ1n) is 3.16. The average Bonchev–Trinajstić information content (AvgIpc) is 2.51. The van der Waals surface area contributed by atoms with Crippen molar-refractivity contribution in [2.75, 3.05) is 0 Å². The summed E-state index contributed by atoms with van der Waals surface area (Å²) >= 11 is 0. The lowest BCUT2D eigenvalue weighted by Gasteiger charge is -1.94. The van der Waals surface area contributed by atoms with Crippen LogP contribution in [0.1, 0.15) is 23.9 Å². The van der Waals surface area contributed by atoms with Gasteiger partial charge in [-0.1, -0.05) is 5.92 Å². The minimum atomic E-state index is -2.68. The smallest absolute Gasteiger partial charge is 0.295 e. The van der Waals surface area contributed by atoms with Gasteiger partial charge in [0, 0.05) is 5.56 Å². The van der Waals surface area contributed by atoms with E-state index < -0.39 is 18.3 Å². The molecular weight excluding hydrogens is 166 g/mol. The molecule has 1 atom stereocenters. The molecule has 0 aliphatic carbocycles. The Morgan fingerprint density at radius 1 is 1.58 bits per heavy atom. The zero-order valence-electron chi connectivity index (χ0n) is 6.00. The van der Waals surface area contributed by atoms with Gasteiger partial charge in [0.05, 0.1) is 6.26 Å². The van der Waals surface area contributed by atoms with E-state index in [4.69, 9.17) is 11.5 Å². The van der Waals surface area contributed by atoms with Crippen LogP contribution in [0.5, 0.6) is 0 Å². The Balaban J connectivity index is 2.86. The van der Waals surface area contributed by atoms with Crippen LogP contribution in [0.3, 0.4) is 0 Å². The summed E-state index contributed by atoms with van der Waals surface area (Å²) in [5.74, 6) is 1.50. The molecule has 2 nitrogen and oxygen atoms in total. The highest BCUT2D eigenvalue weighted by Gasteiger charge is 2.14. The predicted molar refractivity (Wildman–Crippen MR) is 37.5 cm³/mol. The lowest BCUT2D eigenvalue weighted by molar-refractivity contribution is 0.122. The molecule has 0 saturated carbocycles. The number of terminal acetylenes is 1. The first-order valence-corrected chi connectivity index (χ1v) is 3.16. The maximum absolute atomic E-state index is 11.9. The van der Waals surface area contributed by atoms with E-state index in [0.29, 0.717) is 0 Å². The molecule has 64 valence electrons. The summed E-state index contributed by atoms with van der Waals surface area (Å²) in [7, 11) is 0. The van der Waals surface area contributed by atoms with Gasteiger partial charge in [-0.05, 0) is 6.07 Å². The van der Waals surface area contributed by atoms with Gasteiger partial charge in [-0.25, -0.2) is 8.78 Å². The van der Waals surface area contributed by atoms with Crippen molar-refractivity contribution in [3.05, 3.63) is 23.7 Å². The molecule has 1 rings (SSSR count). The molecule has 0 saturated heterocycles. The van der Waals surface area contributed by atoms with Crippen LogP contribution in [-0.2, 0) is 0 Å². The molecule has 0 bridgehead atoms. The molecule has 0 aromatic carbocycles. The van der Waals surface area contributed by atoms with Gasteiger partial charge in [-0.2, -0.15) is 0 Å². The van der Waals surface area contributed by atoms with Crippen LogP contribution in [0.2, 0.25) is 0 Å². The van der Waals surface area contributed by atoms with Crippen LogP contribution >= 0.6 is 0 Å². The Morgan fingerprint density at radius 2 is 2.25 bits per heavy atom. The Bertz CT molecular complexity index is 298. The molecule has 0 spiro atoms. The summed E-state index contributed by atoms with van der Waals surface area (Å²) in [5, 5.41) is 8.98. The predicted octanol–water partition coefficient (Wildman–Crippen LogP) is 1.88. The van der Waals surface area contributed by atoms with Crippen molar-refractivity contribution in [3.8, 4) is 12.3 Å². The van der Waals surface area contributed by atoms with Gasteiger partial charge < -0.3 is 9.52 Å². The van der Waals surface area contributed by atoms with E-state index in [1.54, 1.807) is 0 Å². The van der Waals surface area contributed by atoms with E-state index >= 15 is 0 Å². The van der Waals surface area contributed by atoms with Crippen molar-refractivity contribution in [3.63, 3.8) is 0 Å². The molecule has 1 aromatic rings. The summed E-state index contributed by atoms with van der Waals surface area (Å²) in [6, 6.07) is 1.04. The number of hydrogen-bond donors (Lipinski definition) is 1. The van der Waals surface area contributed by atoms with Crippen molar-refractivity contribution in [1.82, 2.24) is 0 Å². The molecule has 1 unspecified atom stereocenters. The molecule has 12 heavy (non-hydrogen) atoms. The Kier molecular flexibility index (Phi) is 2.46. The normalized spacial score (nSPS) is 12.9. The van der Waals surface area contributed by atoms with Gasteiger partial charge in [-0.15, -0.1) is 6.42 Å².